The predicted octanol–water partition coefficient (Wildman–Crippen LogP) is 3.54. The van der Waals surface area contributed by atoms with Crippen LogP contribution in [0, 0.1) is 0 Å². The Morgan fingerprint density at radius 1 is 1.16 bits per heavy atom. The minimum Gasteiger partial charge on any atom is -0.493 e. The number of nitrogens with one attached hydrogen (secondary N) is 1. The van der Waals surface area contributed by atoms with Crippen LogP contribution in [0.25, 0.3) is 10.1 Å². The second kappa shape index (κ2) is 11.9. The fourth-order valence-corrected chi connectivity index (χ4v) is 7.11. The van der Waals surface area contributed by atoms with Gasteiger partial charge in [0.25, 0.3) is 10.0 Å². The van der Waals surface area contributed by atoms with Crippen molar-refractivity contribution < 1.29 is 27.5 Å². The van der Waals surface area contributed by atoms with Gasteiger partial charge in [0, 0.05) is 29.9 Å². The molecule has 12 heteroatoms. The van der Waals surface area contributed by atoms with E-state index in [-0.39, 0.29) is 16.7 Å². The summed E-state index contributed by atoms with van der Waals surface area (Å²) in [6.45, 7) is 0.733. The highest BCUT2D eigenvalue weighted by Crippen LogP contribution is 2.31. The molecule has 2 aromatic carbocycles. The molecule has 0 saturated carbocycles. The number of methoxy groups -OCH3 is 2. The van der Waals surface area contributed by atoms with E-state index in [0.29, 0.717) is 48.9 Å². The number of thiophene rings is 1. The molecule has 1 saturated heterocycles. The van der Waals surface area contributed by atoms with Crippen LogP contribution in [-0.4, -0.2) is 77.0 Å². The van der Waals surface area contributed by atoms with Gasteiger partial charge in [-0.1, -0.05) is 17.7 Å². The fraction of sp³-hybridized carbons (Fsp3) is 0.385. The summed E-state index contributed by atoms with van der Waals surface area (Å²) in [6.07, 6.45) is 1.55. The van der Waals surface area contributed by atoms with Gasteiger partial charge < -0.3 is 19.3 Å². The van der Waals surface area contributed by atoms with Crippen LogP contribution >= 0.6 is 22.9 Å². The minimum atomic E-state index is -3.92. The molecule has 0 unspecified atom stereocenters. The number of nitrogens with zero attached hydrogens (tertiary/aromatic N) is 2. The van der Waals surface area contributed by atoms with Crippen LogP contribution in [0.3, 0.4) is 0 Å². The van der Waals surface area contributed by atoms with Gasteiger partial charge in [0.1, 0.15) is 10.3 Å². The predicted molar refractivity (Wildman–Crippen MR) is 148 cm³/mol. The summed E-state index contributed by atoms with van der Waals surface area (Å²) >= 11 is 7.14. The average Bonchev–Trinajstić information content (AvgIpc) is 3.33. The molecule has 1 atom stereocenters. The third-order valence-corrected chi connectivity index (χ3v) is 9.78. The molecule has 1 aliphatic heterocycles. The van der Waals surface area contributed by atoms with Crippen LogP contribution in [-0.2, 0) is 26.0 Å². The number of rotatable bonds is 10. The Morgan fingerprint density at radius 3 is 2.66 bits per heavy atom. The lowest BCUT2D eigenvalue weighted by atomic mass is 10.1. The van der Waals surface area contributed by atoms with Crippen LogP contribution in [0.2, 0.25) is 5.02 Å². The summed E-state index contributed by atoms with van der Waals surface area (Å²) < 4.78 is 40.1. The number of hydrogen-bond acceptors (Lipinski definition) is 7. The molecule has 0 spiro atoms. The monoisotopic (exact) mass is 579 g/mol. The number of likely N-dealkylation sites (N-methyl/N-ethyl adjacent to an activating group) is 1. The van der Waals surface area contributed by atoms with E-state index in [2.05, 4.69) is 4.72 Å². The molecule has 0 radical (unpaired) electrons. The molecule has 1 aliphatic rings. The summed E-state index contributed by atoms with van der Waals surface area (Å²) in [5, 5.41) is 1.24. The zero-order valence-electron chi connectivity index (χ0n) is 21.4. The van der Waals surface area contributed by atoms with E-state index in [1.165, 1.54) is 4.90 Å². The summed E-state index contributed by atoms with van der Waals surface area (Å²) in [6, 6.07) is 11.4. The molecule has 0 aliphatic carbocycles. The number of benzene rings is 2. The lowest BCUT2D eigenvalue weighted by Crippen LogP contribution is -2.54. The van der Waals surface area contributed by atoms with Crippen molar-refractivity contribution in [2.24, 2.45) is 0 Å². The van der Waals surface area contributed by atoms with E-state index in [9.17, 15) is 18.0 Å². The lowest BCUT2D eigenvalue weighted by molar-refractivity contribution is -0.142. The number of piperidine rings is 1. The third kappa shape index (κ3) is 6.40. The maximum Gasteiger partial charge on any atom is 0.250 e. The number of amides is 2. The largest absolute Gasteiger partial charge is 0.493 e. The molecule has 3 aromatic rings. The van der Waals surface area contributed by atoms with Crippen LogP contribution in [0.4, 0.5) is 0 Å². The topological polar surface area (TPSA) is 105 Å². The second-order valence-electron chi connectivity index (χ2n) is 9.08. The number of hydrogen-bond donors (Lipinski definition) is 1. The molecule has 38 heavy (non-hydrogen) atoms. The van der Waals surface area contributed by atoms with E-state index in [1.807, 2.05) is 18.2 Å². The summed E-state index contributed by atoms with van der Waals surface area (Å²) in [5.41, 5.74) is 0.981. The number of carbonyl (C=O) groups is 2. The summed E-state index contributed by atoms with van der Waals surface area (Å²) in [7, 11) is 0.903. The van der Waals surface area contributed by atoms with E-state index < -0.39 is 22.0 Å². The molecule has 2 amide bonds. The lowest BCUT2D eigenvalue weighted by Gasteiger charge is -2.33. The second-order valence-corrected chi connectivity index (χ2v) is 12.5. The first-order valence-corrected chi connectivity index (χ1v) is 14.7. The summed E-state index contributed by atoms with van der Waals surface area (Å²) in [4.78, 5) is 29.0. The highest BCUT2D eigenvalue weighted by Gasteiger charge is 2.34. The molecular weight excluding hydrogens is 550 g/mol. The van der Waals surface area contributed by atoms with E-state index in [4.69, 9.17) is 21.1 Å². The Hall–Kier alpha value is -2.86. The van der Waals surface area contributed by atoms with Gasteiger partial charge >= 0.3 is 0 Å². The van der Waals surface area contributed by atoms with Gasteiger partial charge in [0.05, 0.1) is 20.8 Å². The molecule has 1 fully saturated rings. The standard InChI is InChI=1S/C26H30ClN3O6S2/c1-29(12-10-17-6-8-21(35-2)22(13-17)36-3)24(31)16-30-11-4-5-20(26(30)32)28-38(33,34)25-15-18-14-19(27)7-9-23(18)37-25/h6-9,13-15,20,28H,4-5,10-12,16H2,1-3H3/t20-/m0/s1. The Kier molecular flexibility index (Phi) is 8.81. The van der Waals surface area contributed by atoms with Crippen molar-refractivity contribution in [2.45, 2.75) is 29.5 Å². The smallest absolute Gasteiger partial charge is 0.250 e. The van der Waals surface area contributed by atoms with Crippen LogP contribution in [0.5, 0.6) is 11.5 Å². The van der Waals surface area contributed by atoms with Crippen molar-refractivity contribution in [3.63, 3.8) is 0 Å². The van der Waals surface area contributed by atoms with Gasteiger partial charge in [-0.15, -0.1) is 11.3 Å². The first-order valence-electron chi connectivity index (χ1n) is 12.1. The maximum atomic E-state index is 13.1. The van der Waals surface area contributed by atoms with Crippen molar-refractivity contribution >= 4 is 54.9 Å². The zero-order valence-corrected chi connectivity index (χ0v) is 23.8. The van der Waals surface area contributed by atoms with Crippen molar-refractivity contribution in [3.8, 4) is 11.5 Å². The first-order chi connectivity index (χ1) is 18.1. The Bertz CT molecular complexity index is 1440. The Labute approximate surface area is 231 Å². The highest BCUT2D eigenvalue weighted by molar-refractivity contribution is 7.91. The fourth-order valence-electron chi connectivity index (χ4n) is 4.32. The van der Waals surface area contributed by atoms with Gasteiger partial charge in [-0.3, -0.25) is 9.59 Å². The van der Waals surface area contributed by atoms with Crippen LogP contribution < -0.4 is 14.2 Å². The van der Waals surface area contributed by atoms with Crippen molar-refractivity contribution in [3.05, 3.63) is 53.1 Å². The van der Waals surface area contributed by atoms with Gasteiger partial charge in [-0.2, -0.15) is 4.72 Å². The van der Waals surface area contributed by atoms with Crippen molar-refractivity contribution in [1.82, 2.24) is 14.5 Å². The van der Waals surface area contributed by atoms with Crippen molar-refractivity contribution in [2.75, 3.05) is 40.9 Å². The minimum absolute atomic E-state index is 0.110. The maximum absolute atomic E-state index is 13.1. The van der Waals surface area contributed by atoms with Gasteiger partial charge in [0.15, 0.2) is 11.5 Å². The first kappa shape index (κ1) is 28.2. The molecule has 9 nitrogen and oxygen atoms in total. The van der Waals surface area contributed by atoms with Crippen LogP contribution in [0.1, 0.15) is 18.4 Å². The van der Waals surface area contributed by atoms with E-state index in [1.54, 1.807) is 50.4 Å². The number of fused-ring (bicyclic) bond motifs is 1. The quantitative estimate of drug-likeness (QED) is 0.394. The zero-order chi connectivity index (χ0) is 27.4. The summed E-state index contributed by atoms with van der Waals surface area (Å²) in [5.74, 6) is 0.631. The van der Waals surface area contributed by atoms with Crippen LogP contribution in [0.15, 0.2) is 46.7 Å². The molecular formula is C26H30ClN3O6S2. The molecule has 1 N–H and O–H groups in total. The van der Waals surface area contributed by atoms with E-state index >= 15 is 0 Å². The van der Waals surface area contributed by atoms with Crippen molar-refractivity contribution in [1.29, 1.82) is 0 Å². The molecule has 4 rings (SSSR count). The normalized spacial score (nSPS) is 16.1. The Balaban J connectivity index is 1.35. The molecule has 204 valence electrons. The molecule has 2 heterocycles. The third-order valence-electron chi connectivity index (χ3n) is 6.48. The number of likely N-dealkylation sites (tertiary alicyclic amines) is 1. The molecule has 1 aromatic heterocycles. The number of ether oxygens (including phenoxy) is 2. The van der Waals surface area contributed by atoms with Gasteiger partial charge in [0.2, 0.25) is 11.8 Å². The number of halogens is 1. The SMILES string of the molecule is COc1ccc(CCN(C)C(=O)CN2CCC[C@H](NS(=O)(=O)c3cc4cc(Cl)ccc4s3)C2=O)cc1OC. The average molecular weight is 580 g/mol. The molecule has 0 bridgehead atoms. The van der Waals surface area contributed by atoms with Gasteiger partial charge in [-0.25, -0.2) is 8.42 Å². The van der Waals surface area contributed by atoms with E-state index in [0.717, 1.165) is 27.0 Å². The highest BCUT2D eigenvalue weighted by atomic mass is 35.5. The number of carbonyl (C=O) groups excluding carboxylic acids is 2. The Morgan fingerprint density at radius 2 is 1.92 bits per heavy atom. The number of sulfonamides is 1. The van der Waals surface area contributed by atoms with Gasteiger partial charge in [-0.05, 0) is 66.6 Å².